The first-order valence-corrected chi connectivity index (χ1v) is 8.43. The van der Waals surface area contributed by atoms with Crippen molar-refractivity contribution in [3.05, 3.63) is 34.9 Å². The Kier molecular flexibility index (Phi) is 6.64. The zero-order valence-electron chi connectivity index (χ0n) is 12.6. The number of hydrogen-bond acceptors (Lipinski definition) is 3. The fourth-order valence-corrected chi connectivity index (χ4v) is 2.32. The minimum Gasteiger partial charge on any atom is -0.444 e. The number of carbonyl (C=O) groups excluding carboxylic acids is 1. The van der Waals surface area contributed by atoms with Gasteiger partial charge in [0, 0.05) is 17.8 Å². The summed E-state index contributed by atoms with van der Waals surface area (Å²) in [6.45, 7) is 5.65. The average molecular weight is 333 g/mol. The molecule has 5 nitrogen and oxygen atoms in total. The fourth-order valence-electron chi connectivity index (χ4n) is 1.65. The standard InChI is InChI=1S/C14H21ClN2O3S/c1-14(2,3)20-13(18)17-12(9-16-21(4)19)10-7-5-6-8-11(10)15/h5-8,12,16H,9H2,1-4H3,(H,17,18). The van der Waals surface area contributed by atoms with E-state index < -0.39 is 28.7 Å². The van der Waals surface area contributed by atoms with Gasteiger partial charge < -0.3 is 10.1 Å². The SMILES string of the molecule is CS(=O)NCC(NC(=O)OC(C)(C)C)c1ccccc1Cl. The van der Waals surface area contributed by atoms with Gasteiger partial charge in [0.1, 0.15) is 5.60 Å². The van der Waals surface area contributed by atoms with Gasteiger partial charge in [-0.3, -0.25) is 0 Å². The maximum atomic E-state index is 11.9. The Balaban J connectivity index is 2.85. The molecule has 0 heterocycles. The Hall–Kier alpha value is -1.11. The van der Waals surface area contributed by atoms with Crippen molar-refractivity contribution in [2.75, 3.05) is 12.8 Å². The van der Waals surface area contributed by atoms with Gasteiger partial charge in [-0.15, -0.1) is 0 Å². The van der Waals surface area contributed by atoms with E-state index in [2.05, 4.69) is 10.0 Å². The molecule has 1 amide bonds. The van der Waals surface area contributed by atoms with Crippen LogP contribution in [0.3, 0.4) is 0 Å². The molecule has 118 valence electrons. The molecule has 21 heavy (non-hydrogen) atoms. The van der Waals surface area contributed by atoms with Crippen molar-refractivity contribution >= 4 is 28.7 Å². The van der Waals surface area contributed by atoms with Crippen LogP contribution in [-0.2, 0) is 15.7 Å². The molecule has 0 bridgehead atoms. The van der Waals surface area contributed by atoms with Gasteiger partial charge in [-0.05, 0) is 32.4 Å². The number of alkyl carbamates (subject to hydrolysis) is 1. The van der Waals surface area contributed by atoms with Gasteiger partial charge in [0.2, 0.25) is 0 Å². The van der Waals surface area contributed by atoms with Crippen LogP contribution in [0, 0.1) is 0 Å². The lowest BCUT2D eigenvalue weighted by Crippen LogP contribution is -2.39. The molecule has 0 aliphatic carbocycles. The van der Waals surface area contributed by atoms with Crippen molar-refractivity contribution < 1.29 is 13.7 Å². The molecule has 2 atom stereocenters. The molecule has 0 aliphatic rings. The lowest BCUT2D eigenvalue weighted by molar-refractivity contribution is 0.0504. The zero-order valence-corrected chi connectivity index (χ0v) is 14.2. The molecule has 2 unspecified atom stereocenters. The van der Waals surface area contributed by atoms with Crippen LogP contribution in [0.4, 0.5) is 4.79 Å². The van der Waals surface area contributed by atoms with Crippen molar-refractivity contribution in [2.45, 2.75) is 32.4 Å². The van der Waals surface area contributed by atoms with E-state index >= 15 is 0 Å². The molecule has 0 saturated heterocycles. The monoisotopic (exact) mass is 332 g/mol. The second-order valence-electron chi connectivity index (χ2n) is 5.52. The number of amides is 1. The number of rotatable bonds is 5. The summed E-state index contributed by atoms with van der Waals surface area (Å²) in [5.41, 5.74) is 0.152. The van der Waals surface area contributed by atoms with Crippen molar-refractivity contribution in [3.63, 3.8) is 0 Å². The average Bonchev–Trinajstić information content (AvgIpc) is 2.33. The summed E-state index contributed by atoms with van der Waals surface area (Å²) in [6.07, 6.45) is 0.980. The maximum Gasteiger partial charge on any atom is 0.408 e. The van der Waals surface area contributed by atoms with Gasteiger partial charge in [0.05, 0.1) is 17.0 Å². The fraction of sp³-hybridized carbons (Fsp3) is 0.500. The summed E-state index contributed by atoms with van der Waals surface area (Å²) >= 11 is 6.16. The highest BCUT2D eigenvalue weighted by Gasteiger charge is 2.22. The minimum absolute atomic E-state index is 0.284. The molecular formula is C14H21ClN2O3S. The quantitative estimate of drug-likeness (QED) is 0.871. The summed E-state index contributed by atoms with van der Waals surface area (Å²) in [6, 6.07) is 6.75. The molecule has 1 rings (SSSR count). The van der Waals surface area contributed by atoms with Gasteiger partial charge in [-0.2, -0.15) is 0 Å². The first-order chi connectivity index (χ1) is 9.69. The number of halogens is 1. The molecule has 0 spiro atoms. The van der Waals surface area contributed by atoms with E-state index in [-0.39, 0.29) is 6.54 Å². The number of hydrogen-bond donors (Lipinski definition) is 2. The smallest absolute Gasteiger partial charge is 0.408 e. The number of carbonyl (C=O) groups is 1. The Labute approximate surface area is 133 Å². The first kappa shape index (κ1) is 17.9. The predicted molar refractivity (Wildman–Crippen MR) is 85.6 cm³/mol. The summed E-state index contributed by atoms with van der Waals surface area (Å²) in [5, 5.41) is 3.27. The van der Waals surface area contributed by atoms with Gasteiger partial charge >= 0.3 is 6.09 Å². The third kappa shape index (κ3) is 6.93. The number of nitrogens with one attached hydrogen (secondary N) is 2. The van der Waals surface area contributed by atoms with Gasteiger partial charge in [0.25, 0.3) is 0 Å². The van der Waals surface area contributed by atoms with Crippen LogP contribution in [0.1, 0.15) is 32.4 Å². The Morgan fingerprint density at radius 1 is 1.38 bits per heavy atom. The summed E-state index contributed by atoms with van der Waals surface area (Å²) in [7, 11) is -1.19. The van der Waals surface area contributed by atoms with Crippen molar-refractivity contribution in [3.8, 4) is 0 Å². The predicted octanol–water partition coefficient (Wildman–Crippen LogP) is 2.79. The molecule has 0 radical (unpaired) electrons. The second kappa shape index (κ2) is 7.77. The summed E-state index contributed by atoms with van der Waals surface area (Å²) < 4.78 is 19.2. The van der Waals surface area contributed by atoms with E-state index in [4.69, 9.17) is 16.3 Å². The van der Waals surface area contributed by atoms with E-state index in [9.17, 15) is 9.00 Å². The van der Waals surface area contributed by atoms with Gasteiger partial charge in [-0.1, -0.05) is 29.8 Å². The maximum absolute atomic E-state index is 11.9. The molecule has 7 heteroatoms. The minimum atomic E-state index is -1.19. The first-order valence-electron chi connectivity index (χ1n) is 6.50. The molecule has 1 aromatic carbocycles. The third-order valence-electron chi connectivity index (χ3n) is 2.46. The van der Waals surface area contributed by atoms with Crippen LogP contribution in [0.2, 0.25) is 5.02 Å². The lowest BCUT2D eigenvalue weighted by Gasteiger charge is -2.24. The molecule has 0 saturated carbocycles. The second-order valence-corrected chi connectivity index (χ2v) is 7.13. The summed E-state index contributed by atoms with van der Waals surface area (Å²) in [4.78, 5) is 11.9. The van der Waals surface area contributed by atoms with E-state index in [0.717, 1.165) is 5.56 Å². The highest BCUT2D eigenvalue weighted by Crippen LogP contribution is 2.22. The van der Waals surface area contributed by atoms with Crippen LogP contribution in [0.25, 0.3) is 0 Å². The largest absolute Gasteiger partial charge is 0.444 e. The zero-order chi connectivity index (χ0) is 16.0. The Bertz CT molecular complexity index is 517. The van der Waals surface area contributed by atoms with Crippen LogP contribution >= 0.6 is 11.6 Å². The normalized spacial score (nSPS) is 14.3. The van der Waals surface area contributed by atoms with Gasteiger partial charge in [-0.25, -0.2) is 13.7 Å². The number of benzene rings is 1. The van der Waals surface area contributed by atoms with Gasteiger partial charge in [0.15, 0.2) is 0 Å². The highest BCUT2D eigenvalue weighted by atomic mass is 35.5. The Morgan fingerprint density at radius 3 is 2.52 bits per heavy atom. The van der Waals surface area contributed by atoms with E-state index in [0.29, 0.717) is 5.02 Å². The van der Waals surface area contributed by atoms with Crippen molar-refractivity contribution in [1.29, 1.82) is 0 Å². The Morgan fingerprint density at radius 2 is 2.00 bits per heavy atom. The third-order valence-corrected chi connectivity index (χ3v) is 3.38. The van der Waals surface area contributed by atoms with E-state index in [1.165, 1.54) is 6.26 Å². The molecular weight excluding hydrogens is 312 g/mol. The van der Waals surface area contributed by atoms with Crippen LogP contribution in [-0.4, -0.2) is 28.7 Å². The van der Waals surface area contributed by atoms with Crippen molar-refractivity contribution in [2.24, 2.45) is 0 Å². The topological polar surface area (TPSA) is 67.4 Å². The molecule has 0 fully saturated rings. The lowest BCUT2D eigenvalue weighted by atomic mass is 10.1. The van der Waals surface area contributed by atoms with Crippen LogP contribution in [0.15, 0.2) is 24.3 Å². The van der Waals surface area contributed by atoms with E-state index in [1.54, 1.807) is 26.8 Å². The van der Waals surface area contributed by atoms with Crippen molar-refractivity contribution in [1.82, 2.24) is 10.0 Å². The van der Waals surface area contributed by atoms with E-state index in [1.807, 2.05) is 18.2 Å². The molecule has 2 N–H and O–H groups in total. The number of ether oxygens (including phenoxy) is 1. The molecule has 0 aromatic heterocycles. The molecule has 1 aromatic rings. The van der Waals surface area contributed by atoms with Crippen LogP contribution < -0.4 is 10.0 Å². The molecule has 0 aliphatic heterocycles. The summed E-state index contributed by atoms with van der Waals surface area (Å²) in [5.74, 6) is 0. The van der Waals surface area contributed by atoms with Crippen LogP contribution in [0.5, 0.6) is 0 Å². The highest BCUT2D eigenvalue weighted by molar-refractivity contribution is 7.82.